The average Bonchev–Trinajstić information content (AvgIpc) is 2.15. The van der Waals surface area contributed by atoms with Gasteiger partial charge in [0.2, 0.25) is 0 Å². The predicted molar refractivity (Wildman–Crippen MR) is 70.4 cm³/mol. The number of rotatable bonds is 4. The predicted octanol–water partition coefficient (Wildman–Crippen LogP) is 4.33. The molecule has 1 aromatic rings. The highest BCUT2D eigenvalue weighted by atomic mass is 79.9. The molecular formula is C12H15BrClN. The molecule has 3 heteroatoms. The summed E-state index contributed by atoms with van der Waals surface area (Å²) < 4.78 is 0.994. The van der Waals surface area contributed by atoms with Gasteiger partial charge in [0.05, 0.1) is 6.04 Å². The molecule has 0 saturated heterocycles. The monoisotopic (exact) mass is 287 g/mol. The molecule has 0 fully saturated rings. The van der Waals surface area contributed by atoms with E-state index < -0.39 is 0 Å². The Morgan fingerprint density at radius 2 is 2.27 bits per heavy atom. The van der Waals surface area contributed by atoms with Crippen molar-refractivity contribution in [2.45, 2.75) is 19.9 Å². The number of hydrogen-bond acceptors (Lipinski definition) is 1. The van der Waals surface area contributed by atoms with E-state index in [4.69, 9.17) is 11.6 Å². The minimum absolute atomic E-state index is 0.135. The number of nitrogens with one attached hydrogen (secondary N) is 1. The molecule has 0 bridgehead atoms. The molecule has 1 nitrogen and oxygen atoms in total. The van der Waals surface area contributed by atoms with Crippen molar-refractivity contribution in [1.82, 2.24) is 5.32 Å². The normalized spacial score (nSPS) is 12.5. The van der Waals surface area contributed by atoms with Crippen molar-refractivity contribution in [3.05, 3.63) is 45.4 Å². The largest absolute Gasteiger partial charge is 0.307 e. The van der Waals surface area contributed by atoms with Gasteiger partial charge in [0.1, 0.15) is 0 Å². The molecule has 0 saturated carbocycles. The lowest BCUT2D eigenvalue weighted by Gasteiger charge is -2.19. The Labute approximate surface area is 105 Å². The van der Waals surface area contributed by atoms with Gasteiger partial charge in [-0.15, -0.1) is 0 Å². The lowest BCUT2D eigenvalue weighted by molar-refractivity contribution is 0.621. The fourth-order valence-corrected chi connectivity index (χ4v) is 2.27. The van der Waals surface area contributed by atoms with E-state index in [1.54, 1.807) is 0 Å². The van der Waals surface area contributed by atoms with Crippen molar-refractivity contribution in [2.75, 3.05) is 6.54 Å². The van der Waals surface area contributed by atoms with E-state index in [2.05, 4.69) is 34.7 Å². The van der Waals surface area contributed by atoms with Crippen molar-refractivity contribution in [3.8, 4) is 0 Å². The molecule has 1 unspecified atom stereocenters. The van der Waals surface area contributed by atoms with Gasteiger partial charge >= 0.3 is 0 Å². The third-order valence-electron chi connectivity index (χ3n) is 2.17. The first-order valence-electron chi connectivity index (χ1n) is 4.90. The third-order valence-corrected chi connectivity index (χ3v) is 3.00. The van der Waals surface area contributed by atoms with Crippen LogP contribution in [0.25, 0.3) is 0 Å². The molecule has 0 aromatic heterocycles. The SMILES string of the molecule is C=C(C)C(NCC)c1ccc(Br)cc1Cl. The Hall–Kier alpha value is -0.310. The van der Waals surface area contributed by atoms with Gasteiger partial charge in [-0.05, 0) is 31.2 Å². The van der Waals surface area contributed by atoms with Crippen LogP contribution in [0.15, 0.2) is 34.8 Å². The maximum atomic E-state index is 6.19. The zero-order chi connectivity index (χ0) is 11.4. The summed E-state index contributed by atoms with van der Waals surface area (Å²) in [5.41, 5.74) is 2.15. The van der Waals surface area contributed by atoms with Crippen LogP contribution in [0.3, 0.4) is 0 Å². The van der Waals surface area contributed by atoms with Crippen LogP contribution >= 0.6 is 27.5 Å². The molecular weight excluding hydrogens is 273 g/mol. The minimum atomic E-state index is 0.135. The van der Waals surface area contributed by atoms with Gasteiger partial charge in [0.25, 0.3) is 0 Å². The molecule has 1 atom stereocenters. The minimum Gasteiger partial charge on any atom is -0.307 e. The van der Waals surface area contributed by atoms with E-state index in [1.807, 2.05) is 25.1 Å². The fourth-order valence-electron chi connectivity index (χ4n) is 1.49. The van der Waals surface area contributed by atoms with E-state index in [9.17, 15) is 0 Å². The summed E-state index contributed by atoms with van der Waals surface area (Å²) in [5.74, 6) is 0. The van der Waals surface area contributed by atoms with Gasteiger partial charge < -0.3 is 5.32 Å². The molecule has 1 rings (SSSR count). The van der Waals surface area contributed by atoms with Crippen molar-refractivity contribution >= 4 is 27.5 Å². The van der Waals surface area contributed by atoms with Crippen LogP contribution in [0.5, 0.6) is 0 Å². The third kappa shape index (κ3) is 3.33. The lowest BCUT2D eigenvalue weighted by Crippen LogP contribution is -2.21. The first-order valence-corrected chi connectivity index (χ1v) is 6.07. The van der Waals surface area contributed by atoms with E-state index >= 15 is 0 Å². The molecule has 15 heavy (non-hydrogen) atoms. The lowest BCUT2D eigenvalue weighted by atomic mass is 10.0. The molecule has 0 aliphatic carbocycles. The zero-order valence-electron chi connectivity index (χ0n) is 8.98. The number of benzene rings is 1. The molecule has 1 N–H and O–H groups in total. The van der Waals surface area contributed by atoms with Gasteiger partial charge in [-0.1, -0.05) is 52.7 Å². The van der Waals surface area contributed by atoms with E-state index in [1.165, 1.54) is 0 Å². The summed E-state index contributed by atoms with van der Waals surface area (Å²) in [6.07, 6.45) is 0. The molecule has 0 spiro atoms. The average molecular weight is 289 g/mol. The fraction of sp³-hybridized carbons (Fsp3) is 0.333. The molecule has 0 amide bonds. The summed E-state index contributed by atoms with van der Waals surface area (Å²) in [7, 11) is 0. The van der Waals surface area contributed by atoms with Crippen LogP contribution in [0.1, 0.15) is 25.5 Å². The molecule has 1 aromatic carbocycles. The second-order valence-electron chi connectivity index (χ2n) is 3.50. The van der Waals surface area contributed by atoms with E-state index in [0.717, 1.165) is 27.2 Å². The number of likely N-dealkylation sites (N-methyl/N-ethyl adjacent to an activating group) is 1. The summed E-state index contributed by atoms with van der Waals surface area (Å²) in [5, 5.41) is 4.12. The Morgan fingerprint density at radius 3 is 2.73 bits per heavy atom. The maximum absolute atomic E-state index is 6.19. The van der Waals surface area contributed by atoms with Crippen LogP contribution < -0.4 is 5.32 Å². The Kier molecular flexibility index (Phi) is 4.84. The van der Waals surface area contributed by atoms with Crippen molar-refractivity contribution in [2.24, 2.45) is 0 Å². The summed E-state index contributed by atoms with van der Waals surface area (Å²) in [4.78, 5) is 0. The van der Waals surface area contributed by atoms with Gasteiger partial charge in [-0.2, -0.15) is 0 Å². The van der Waals surface area contributed by atoms with E-state index in [-0.39, 0.29) is 6.04 Å². The first kappa shape index (κ1) is 12.8. The Bertz CT molecular complexity index is 363. The van der Waals surface area contributed by atoms with Crippen LogP contribution in [-0.4, -0.2) is 6.54 Å². The summed E-state index contributed by atoms with van der Waals surface area (Å²) in [6, 6.07) is 6.06. The summed E-state index contributed by atoms with van der Waals surface area (Å²) >= 11 is 9.59. The van der Waals surface area contributed by atoms with Gasteiger partial charge in [0, 0.05) is 9.50 Å². The Balaban J connectivity index is 3.05. The quantitative estimate of drug-likeness (QED) is 0.813. The van der Waals surface area contributed by atoms with Crippen LogP contribution in [0, 0.1) is 0 Å². The standard InChI is InChI=1S/C12H15BrClN/c1-4-15-12(8(2)3)10-6-5-9(13)7-11(10)14/h5-7,12,15H,2,4H2,1,3H3. The smallest absolute Gasteiger partial charge is 0.0545 e. The highest BCUT2D eigenvalue weighted by Crippen LogP contribution is 2.29. The van der Waals surface area contributed by atoms with Crippen LogP contribution in [0.4, 0.5) is 0 Å². The maximum Gasteiger partial charge on any atom is 0.0545 e. The molecule has 0 aliphatic heterocycles. The number of hydrogen-bond donors (Lipinski definition) is 1. The molecule has 0 aliphatic rings. The van der Waals surface area contributed by atoms with E-state index in [0.29, 0.717) is 0 Å². The summed E-state index contributed by atoms with van der Waals surface area (Å²) in [6.45, 7) is 8.95. The van der Waals surface area contributed by atoms with Crippen molar-refractivity contribution < 1.29 is 0 Å². The second-order valence-corrected chi connectivity index (χ2v) is 4.83. The molecule has 82 valence electrons. The topological polar surface area (TPSA) is 12.0 Å². The van der Waals surface area contributed by atoms with Crippen molar-refractivity contribution in [1.29, 1.82) is 0 Å². The van der Waals surface area contributed by atoms with Gasteiger partial charge in [-0.3, -0.25) is 0 Å². The Morgan fingerprint density at radius 1 is 1.60 bits per heavy atom. The molecule has 0 radical (unpaired) electrons. The number of halogens is 2. The zero-order valence-corrected chi connectivity index (χ0v) is 11.3. The van der Waals surface area contributed by atoms with Crippen LogP contribution in [-0.2, 0) is 0 Å². The van der Waals surface area contributed by atoms with Crippen LogP contribution in [0.2, 0.25) is 5.02 Å². The highest BCUT2D eigenvalue weighted by Gasteiger charge is 2.14. The van der Waals surface area contributed by atoms with Gasteiger partial charge in [-0.25, -0.2) is 0 Å². The first-order chi connectivity index (χ1) is 7.06. The second kappa shape index (κ2) is 5.69. The van der Waals surface area contributed by atoms with Gasteiger partial charge in [0.15, 0.2) is 0 Å². The molecule has 0 heterocycles. The van der Waals surface area contributed by atoms with Crippen molar-refractivity contribution in [3.63, 3.8) is 0 Å². The highest BCUT2D eigenvalue weighted by molar-refractivity contribution is 9.10.